The highest BCUT2D eigenvalue weighted by Crippen LogP contribution is 2.28. The Kier molecular flexibility index (Phi) is 5.65. The molecule has 1 aliphatic rings. The SMILES string of the molecule is CN(Cc1ccccc1)C(=O)[C@@H]1CCCN1S(=O)(=O)c1ccc(Cl)cc1. The Balaban J connectivity index is 1.78. The van der Waals surface area contributed by atoms with Crippen molar-refractivity contribution in [2.24, 2.45) is 0 Å². The van der Waals surface area contributed by atoms with Crippen LogP contribution in [0.3, 0.4) is 0 Å². The van der Waals surface area contributed by atoms with E-state index in [1.165, 1.54) is 16.4 Å². The van der Waals surface area contributed by atoms with Gasteiger partial charge >= 0.3 is 0 Å². The van der Waals surface area contributed by atoms with E-state index >= 15 is 0 Å². The molecule has 1 saturated heterocycles. The molecule has 0 radical (unpaired) electrons. The van der Waals surface area contributed by atoms with Crippen LogP contribution in [0.1, 0.15) is 18.4 Å². The van der Waals surface area contributed by atoms with Crippen LogP contribution in [0.2, 0.25) is 5.02 Å². The van der Waals surface area contributed by atoms with E-state index in [-0.39, 0.29) is 10.8 Å². The molecule has 0 aliphatic carbocycles. The lowest BCUT2D eigenvalue weighted by atomic mass is 10.1. The van der Waals surface area contributed by atoms with Crippen molar-refractivity contribution < 1.29 is 13.2 Å². The van der Waals surface area contributed by atoms with Gasteiger partial charge < -0.3 is 4.90 Å². The van der Waals surface area contributed by atoms with Crippen LogP contribution in [0.15, 0.2) is 59.5 Å². The second-order valence-corrected chi connectivity index (χ2v) is 8.73. The lowest BCUT2D eigenvalue weighted by Crippen LogP contribution is -2.46. The Bertz CT molecular complexity index is 869. The Morgan fingerprint density at radius 2 is 1.81 bits per heavy atom. The number of benzene rings is 2. The van der Waals surface area contributed by atoms with Crippen molar-refractivity contribution in [3.8, 4) is 0 Å². The topological polar surface area (TPSA) is 57.7 Å². The first kappa shape index (κ1) is 18.9. The van der Waals surface area contributed by atoms with E-state index < -0.39 is 16.1 Å². The number of carbonyl (C=O) groups is 1. The Morgan fingerprint density at radius 3 is 2.46 bits per heavy atom. The fraction of sp³-hybridized carbons (Fsp3) is 0.316. The summed E-state index contributed by atoms with van der Waals surface area (Å²) in [6, 6.07) is 15.0. The minimum atomic E-state index is -3.73. The summed E-state index contributed by atoms with van der Waals surface area (Å²) in [5.74, 6) is -0.177. The zero-order valence-electron chi connectivity index (χ0n) is 14.5. The van der Waals surface area contributed by atoms with Crippen molar-refractivity contribution >= 4 is 27.5 Å². The van der Waals surface area contributed by atoms with Crippen molar-refractivity contribution in [2.75, 3.05) is 13.6 Å². The fourth-order valence-corrected chi connectivity index (χ4v) is 4.98. The molecule has 0 unspecified atom stereocenters. The van der Waals surface area contributed by atoms with Gasteiger partial charge in [0, 0.05) is 25.2 Å². The molecule has 0 aromatic heterocycles. The number of likely N-dealkylation sites (N-methyl/N-ethyl adjacent to an activating group) is 1. The first-order valence-electron chi connectivity index (χ1n) is 8.46. The van der Waals surface area contributed by atoms with Crippen LogP contribution in [0, 0.1) is 0 Å². The normalized spacial score (nSPS) is 18.0. The van der Waals surface area contributed by atoms with Crippen LogP contribution in [0.5, 0.6) is 0 Å². The van der Waals surface area contributed by atoms with Gasteiger partial charge in [0.1, 0.15) is 6.04 Å². The van der Waals surface area contributed by atoms with Crippen LogP contribution in [0.4, 0.5) is 0 Å². The first-order valence-corrected chi connectivity index (χ1v) is 10.3. The van der Waals surface area contributed by atoms with E-state index in [2.05, 4.69) is 0 Å². The number of sulfonamides is 1. The summed E-state index contributed by atoms with van der Waals surface area (Å²) < 4.78 is 27.2. The molecule has 0 N–H and O–H groups in total. The van der Waals surface area contributed by atoms with Crippen LogP contribution < -0.4 is 0 Å². The standard InChI is InChI=1S/C19H21ClN2O3S/c1-21(14-15-6-3-2-4-7-15)19(23)18-8-5-13-22(18)26(24,25)17-11-9-16(20)10-12-17/h2-4,6-7,9-12,18H,5,8,13-14H2,1H3/t18-/m0/s1. The molecule has 138 valence electrons. The predicted octanol–water partition coefficient (Wildman–Crippen LogP) is 3.15. The van der Waals surface area contributed by atoms with Gasteiger partial charge in [0.05, 0.1) is 4.90 Å². The number of carbonyl (C=O) groups excluding carboxylic acids is 1. The van der Waals surface area contributed by atoms with Crippen molar-refractivity contribution in [1.82, 2.24) is 9.21 Å². The van der Waals surface area contributed by atoms with E-state index in [0.29, 0.717) is 31.0 Å². The first-order chi connectivity index (χ1) is 12.4. The summed E-state index contributed by atoms with van der Waals surface area (Å²) >= 11 is 5.85. The van der Waals surface area contributed by atoms with Crippen LogP contribution >= 0.6 is 11.6 Å². The number of amides is 1. The van der Waals surface area contributed by atoms with Crippen molar-refractivity contribution in [3.63, 3.8) is 0 Å². The van der Waals surface area contributed by atoms with Crippen LogP contribution in [0.25, 0.3) is 0 Å². The molecule has 1 amide bonds. The van der Waals surface area contributed by atoms with Gasteiger partial charge in [-0.1, -0.05) is 41.9 Å². The second-order valence-electron chi connectivity index (χ2n) is 6.41. The van der Waals surface area contributed by atoms with Crippen molar-refractivity contribution in [2.45, 2.75) is 30.3 Å². The van der Waals surface area contributed by atoms with Gasteiger partial charge in [-0.3, -0.25) is 4.79 Å². The fourth-order valence-electron chi connectivity index (χ4n) is 3.21. The summed E-state index contributed by atoms with van der Waals surface area (Å²) in [6.45, 7) is 0.797. The van der Waals surface area contributed by atoms with E-state index in [4.69, 9.17) is 11.6 Å². The Morgan fingerprint density at radius 1 is 1.15 bits per heavy atom. The lowest BCUT2D eigenvalue weighted by Gasteiger charge is -2.27. The van der Waals surface area contributed by atoms with Gasteiger partial charge in [0.25, 0.3) is 0 Å². The molecule has 0 spiro atoms. The third-order valence-electron chi connectivity index (χ3n) is 4.55. The third-order valence-corrected chi connectivity index (χ3v) is 6.72. The molecule has 7 heteroatoms. The number of rotatable bonds is 5. The van der Waals surface area contributed by atoms with E-state index in [1.54, 1.807) is 24.1 Å². The second kappa shape index (κ2) is 7.78. The summed E-state index contributed by atoms with van der Waals surface area (Å²) in [6.07, 6.45) is 1.20. The molecule has 1 aliphatic heterocycles. The van der Waals surface area contributed by atoms with Crippen LogP contribution in [-0.4, -0.2) is 43.2 Å². The molecule has 1 fully saturated rings. The highest BCUT2D eigenvalue weighted by Gasteiger charge is 2.40. The maximum atomic E-state index is 13.0. The highest BCUT2D eigenvalue weighted by atomic mass is 35.5. The highest BCUT2D eigenvalue weighted by molar-refractivity contribution is 7.89. The molecule has 3 rings (SSSR count). The molecular formula is C19H21ClN2O3S. The van der Waals surface area contributed by atoms with Gasteiger partial charge in [0.15, 0.2) is 0 Å². The summed E-state index contributed by atoms with van der Waals surface area (Å²) in [5.41, 5.74) is 1.01. The van der Waals surface area contributed by atoms with Crippen molar-refractivity contribution in [1.29, 1.82) is 0 Å². The summed E-state index contributed by atoms with van der Waals surface area (Å²) in [5, 5.41) is 0.473. The molecule has 1 heterocycles. The summed E-state index contributed by atoms with van der Waals surface area (Å²) in [7, 11) is -2.02. The largest absolute Gasteiger partial charge is 0.340 e. The average molecular weight is 393 g/mol. The molecule has 5 nitrogen and oxygen atoms in total. The number of halogens is 1. The Labute approximate surface area is 159 Å². The van der Waals surface area contributed by atoms with Gasteiger partial charge in [-0.2, -0.15) is 4.31 Å². The van der Waals surface area contributed by atoms with E-state index in [0.717, 1.165) is 5.56 Å². The monoisotopic (exact) mass is 392 g/mol. The smallest absolute Gasteiger partial charge is 0.243 e. The molecule has 0 bridgehead atoms. The predicted molar refractivity (Wildman–Crippen MR) is 101 cm³/mol. The van der Waals surface area contributed by atoms with Gasteiger partial charge in [0.2, 0.25) is 15.9 Å². The maximum absolute atomic E-state index is 13.0. The van der Waals surface area contributed by atoms with Crippen molar-refractivity contribution in [3.05, 3.63) is 65.2 Å². The average Bonchev–Trinajstić information content (AvgIpc) is 3.13. The minimum Gasteiger partial charge on any atom is -0.340 e. The molecule has 1 atom stereocenters. The molecular weight excluding hydrogens is 372 g/mol. The van der Waals surface area contributed by atoms with E-state index in [9.17, 15) is 13.2 Å². The van der Waals surface area contributed by atoms with Gasteiger partial charge in [-0.15, -0.1) is 0 Å². The third kappa shape index (κ3) is 3.92. The number of hydrogen-bond donors (Lipinski definition) is 0. The minimum absolute atomic E-state index is 0.160. The zero-order valence-corrected chi connectivity index (χ0v) is 16.1. The maximum Gasteiger partial charge on any atom is 0.243 e. The molecule has 26 heavy (non-hydrogen) atoms. The van der Waals surface area contributed by atoms with Gasteiger partial charge in [-0.25, -0.2) is 8.42 Å². The molecule has 2 aromatic rings. The summed E-state index contributed by atoms with van der Waals surface area (Å²) in [4.78, 5) is 14.6. The van der Waals surface area contributed by atoms with Gasteiger partial charge in [-0.05, 0) is 42.7 Å². The zero-order chi connectivity index (χ0) is 18.7. The molecule has 0 saturated carbocycles. The number of hydrogen-bond acceptors (Lipinski definition) is 3. The Hall–Kier alpha value is -1.89. The van der Waals surface area contributed by atoms with Crippen LogP contribution in [-0.2, 0) is 21.4 Å². The number of nitrogens with zero attached hydrogens (tertiary/aromatic N) is 2. The van der Waals surface area contributed by atoms with E-state index in [1.807, 2.05) is 30.3 Å². The molecule has 2 aromatic carbocycles. The quantitative estimate of drug-likeness (QED) is 0.785. The lowest BCUT2D eigenvalue weighted by molar-refractivity contribution is -0.133.